The maximum atomic E-state index is 10.9. The Bertz CT molecular complexity index is 172. The van der Waals surface area contributed by atoms with Crippen molar-refractivity contribution >= 4 is 22.4 Å². The SMILES string of the molecule is CC1C(Cl)CCC1CCS(C)=O. The van der Waals surface area contributed by atoms with E-state index in [0.29, 0.717) is 11.3 Å². The maximum Gasteiger partial charge on any atom is 0.0364 e. The Morgan fingerprint density at radius 3 is 2.58 bits per heavy atom. The van der Waals surface area contributed by atoms with Gasteiger partial charge < -0.3 is 0 Å². The van der Waals surface area contributed by atoms with E-state index in [9.17, 15) is 4.21 Å². The van der Waals surface area contributed by atoms with Crippen molar-refractivity contribution in [2.45, 2.75) is 31.6 Å². The Morgan fingerprint density at radius 1 is 1.50 bits per heavy atom. The highest BCUT2D eigenvalue weighted by Crippen LogP contribution is 2.37. The molecule has 1 rings (SSSR count). The predicted octanol–water partition coefficient (Wildman–Crippen LogP) is 2.41. The van der Waals surface area contributed by atoms with Crippen LogP contribution in [0, 0.1) is 11.8 Å². The standard InChI is InChI=1S/C9H17ClOS/c1-7-8(3-4-9(7)10)5-6-12(2)11/h7-9H,3-6H2,1-2H3. The van der Waals surface area contributed by atoms with Crippen LogP contribution in [0.25, 0.3) is 0 Å². The van der Waals surface area contributed by atoms with Crippen LogP contribution in [-0.4, -0.2) is 21.6 Å². The lowest BCUT2D eigenvalue weighted by molar-refractivity contribution is 0.411. The van der Waals surface area contributed by atoms with Gasteiger partial charge in [0.25, 0.3) is 0 Å². The zero-order valence-corrected chi connectivity index (χ0v) is 9.33. The van der Waals surface area contributed by atoms with Crippen LogP contribution in [0.2, 0.25) is 0 Å². The Labute approximate surface area is 82.3 Å². The molecule has 0 radical (unpaired) electrons. The predicted molar refractivity (Wildman–Crippen MR) is 55.1 cm³/mol. The third-order valence-electron chi connectivity index (χ3n) is 2.90. The summed E-state index contributed by atoms with van der Waals surface area (Å²) >= 11 is 6.10. The van der Waals surface area contributed by atoms with E-state index in [1.54, 1.807) is 6.26 Å². The lowest BCUT2D eigenvalue weighted by atomic mass is 9.95. The van der Waals surface area contributed by atoms with Gasteiger partial charge in [0.05, 0.1) is 0 Å². The highest BCUT2D eigenvalue weighted by Gasteiger charge is 2.30. The summed E-state index contributed by atoms with van der Waals surface area (Å²) in [7, 11) is -0.631. The molecule has 12 heavy (non-hydrogen) atoms. The molecule has 4 atom stereocenters. The minimum absolute atomic E-state index is 0.361. The first-order valence-electron chi connectivity index (χ1n) is 4.55. The molecule has 4 unspecified atom stereocenters. The molecule has 0 saturated heterocycles. The normalized spacial score (nSPS) is 38.4. The van der Waals surface area contributed by atoms with Crippen LogP contribution in [0.4, 0.5) is 0 Å². The fourth-order valence-electron chi connectivity index (χ4n) is 1.92. The first-order valence-corrected chi connectivity index (χ1v) is 6.71. The van der Waals surface area contributed by atoms with Crippen molar-refractivity contribution in [2.24, 2.45) is 11.8 Å². The minimum atomic E-state index is -0.631. The molecule has 0 heterocycles. The largest absolute Gasteiger partial charge is 0.260 e. The third-order valence-corrected chi connectivity index (χ3v) is 4.33. The van der Waals surface area contributed by atoms with Crippen LogP contribution in [0.5, 0.6) is 0 Å². The summed E-state index contributed by atoms with van der Waals surface area (Å²) in [5.41, 5.74) is 0. The minimum Gasteiger partial charge on any atom is -0.260 e. The quantitative estimate of drug-likeness (QED) is 0.652. The van der Waals surface area contributed by atoms with E-state index in [0.717, 1.165) is 24.5 Å². The number of hydrogen-bond acceptors (Lipinski definition) is 1. The summed E-state index contributed by atoms with van der Waals surface area (Å²) < 4.78 is 10.9. The number of hydrogen-bond donors (Lipinski definition) is 0. The fraction of sp³-hybridized carbons (Fsp3) is 1.00. The Morgan fingerprint density at radius 2 is 2.17 bits per heavy atom. The van der Waals surface area contributed by atoms with Crippen molar-refractivity contribution < 1.29 is 4.21 Å². The van der Waals surface area contributed by atoms with Crippen LogP contribution in [0.15, 0.2) is 0 Å². The van der Waals surface area contributed by atoms with Gasteiger partial charge in [-0.2, -0.15) is 0 Å². The highest BCUT2D eigenvalue weighted by molar-refractivity contribution is 7.84. The van der Waals surface area contributed by atoms with Crippen molar-refractivity contribution in [3.05, 3.63) is 0 Å². The number of rotatable bonds is 3. The van der Waals surface area contributed by atoms with Gasteiger partial charge in [0.15, 0.2) is 0 Å². The molecule has 1 aliphatic carbocycles. The van der Waals surface area contributed by atoms with Crippen molar-refractivity contribution in [3.63, 3.8) is 0 Å². The molecule has 0 aromatic heterocycles. The molecule has 1 aliphatic rings. The van der Waals surface area contributed by atoms with Gasteiger partial charge >= 0.3 is 0 Å². The Balaban J connectivity index is 2.29. The smallest absolute Gasteiger partial charge is 0.0364 e. The maximum absolute atomic E-state index is 10.9. The van der Waals surface area contributed by atoms with E-state index in [2.05, 4.69) is 6.92 Å². The molecule has 72 valence electrons. The van der Waals surface area contributed by atoms with Gasteiger partial charge in [0.2, 0.25) is 0 Å². The van der Waals surface area contributed by atoms with Crippen molar-refractivity contribution in [2.75, 3.05) is 12.0 Å². The average molecular weight is 209 g/mol. The lowest BCUT2D eigenvalue weighted by Gasteiger charge is -2.15. The number of alkyl halides is 1. The molecule has 3 heteroatoms. The summed E-state index contributed by atoms with van der Waals surface area (Å²) in [4.78, 5) is 0. The van der Waals surface area contributed by atoms with Gasteiger partial charge in [-0.15, -0.1) is 11.6 Å². The van der Waals surface area contributed by atoms with Crippen LogP contribution in [-0.2, 0) is 10.8 Å². The second kappa shape index (κ2) is 4.61. The zero-order chi connectivity index (χ0) is 9.14. The van der Waals surface area contributed by atoms with Crippen LogP contribution < -0.4 is 0 Å². The highest BCUT2D eigenvalue weighted by atomic mass is 35.5. The molecule has 1 fully saturated rings. The summed E-state index contributed by atoms with van der Waals surface area (Å²) in [5, 5.41) is 0.361. The summed E-state index contributed by atoms with van der Waals surface area (Å²) in [6.45, 7) is 2.22. The van der Waals surface area contributed by atoms with E-state index in [4.69, 9.17) is 11.6 Å². The monoisotopic (exact) mass is 208 g/mol. The van der Waals surface area contributed by atoms with Crippen LogP contribution in [0.3, 0.4) is 0 Å². The van der Waals surface area contributed by atoms with Gasteiger partial charge in [0, 0.05) is 28.2 Å². The van der Waals surface area contributed by atoms with Gasteiger partial charge in [-0.3, -0.25) is 4.21 Å². The van der Waals surface area contributed by atoms with E-state index >= 15 is 0 Å². The second-order valence-electron chi connectivity index (χ2n) is 3.78. The van der Waals surface area contributed by atoms with Crippen molar-refractivity contribution in [3.8, 4) is 0 Å². The summed E-state index contributed by atoms with van der Waals surface area (Å²) in [6.07, 6.45) is 5.24. The molecule has 0 amide bonds. The third kappa shape index (κ3) is 2.74. The second-order valence-corrected chi connectivity index (χ2v) is 5.89. The molecular formula is C9H17ClOS. The van der Waals surface area contributed by atoms with Gasteiger partial charge in [-0.1, -0.05) is 6.92 Å². The van der Waals surface area contributed by atoms with Gasteiger partial charge in [0.1, 0.15) is 0 Å². The molecule has 0 spiro atoms. The summed E-state index contributed by atoms with van der Waals surface area (Å²) in [6, 6.07) is 0. The van der Waals surface area contributed by atoms with E-state index < -0.39 is 10.8 Å². The van der Waals surface area contributed by atoms with E-state index in [-0.39, 0.29) is 0 Å². The Kier molecular flexibility index (Phi) is 4.04. The van der Waals surface area contributed by atoms with Crippen molar-refractivity contribution in [1.82, 2.24) is 0 Å². The lowest BCUT2D eigenvalue weighted by Crippen LogP contribution is -2.13. The molecule has 0 N–H and O–H groups in total. The van der Waals surface area contributed by atoms with Crippen LogP contribution in [0.1, 0.15) is 26.2 Å². The topological polar surface area (TPSA) is 17.1 Å². The molecule has 0 bridgehead atoms. The zero-order valence-electron chi connectivity index (χ0n) is 7.75. The molecular weight excluding hydrogens is 192 g/mol. The summed E-state index contributed by atoms with van der Waals surface area (Å²) in [5.74, 6) is 2.19. The molecule has 0 aromatic carbocycles. The first kappa shape index (κ1) is 10.5. The fourth-order valence-corrected chi connectivity index (χ4v) is 2.89. The molecule has 1 nitrogen and oxygen atoms in total. The van der Waals surface area contributed by atoms with Crippen molar-refractivity contribution in [1.29, 1.82) is 0 Å². The van der Waals surface area contributed by atoms with E-state index in [1.807, 2.05) is 0 Å². The van der Waals surface area contributed by atoms with Gasteiger partial charge in [-0.25, -0.2) is 0 Å². The van der Waals surface area contributed by atoms with Crippen LogP contribution >= 0.6 is 11.6 Å². The van der Waals surface area contributed by atoms with Gasteiger partial charge in [-0.05, 0) is 31.1 Å². The molecule has 1 saturated carbocycles. The average Bonchev–Trinajstić information content (AvgIpc) is 2.30. The number of halogens is 1. The first-order chi connectivity index (χ1) is 5.61. The molecule has 0 aliphatic heterocycles. The van der Waals surface area contributed by atoms with E-state index in [1.165, 1.54) is 6.42 Å². The Hall–Kier alpha value is 0.440. The molecule has 0 aromatic rings.